The van der Waals surface area contributed by atoms with Crippen LogP contribution in [-0.4, -0.2) is 19.1 Å². The molecule has 3 heteroatoms. The van der Waals surface area contributed by atoms with Gasteiger partial charge in [-0.15, -0.1) is 0 Å². The Morgan fingerprint density at radius 2 is 2.19 bits per heavy atom. The van der Waals surface area contributed by atoms with Gasteiger partial charge in [-0.25, -0.2) is 0 Å². The van der Waals surface area contributed by atoms with E-state index in [0.29, 0.717) is 5.92 Å². The van der Waals surface area contributed by atoms with Crippen LogP contribution in [0.3, 0.4) is 0 Å². The van der Waals surface area contributed by atoms with E-state index in [1.165, 1.54) is 0 Å². The van der Waals surface area contributed by atoms with Gasteiger partial charge in [0, 0.05) is 19.1 Å². The van der Waals surface area contributed by atoms with Crippen molar-refractivity contribution in [1.82, 2.24) is 0 Å². The third kappa shape index (κ3) is 1.77. The SMILES string of the molecule is Cc1cccc(C#N)c1N1CC(C)C(N)C1. The van der Waals surface area contributed by atoms with Crippen molar-refractivity contribution in [2.24, 2.45) is 11.7 Å². The summed E-state index contributed by atoms with van der Waals surface area (Å²) in [6.45, 7) is 6.00. The number of rotatable bonds is 1. The summed E-state index contributed by atoms with van der Waals surface area (Å²) in [4.78, 5) is 2.24. The average Bonchev–Trinajstić information content (AvgIpc) is 2.58. The van der Waals surface area contributed by atoms with Gasteiger partial charge >= 0.3 is 0 Å². The molecule has 1 aromatic carbocycles. The summed E-state index contributed by atoms with van der Waals surface area (Å²) in [6.07, 6.45) is 0. The van der Waals surface area contributed by atoms with E-state index in [2.05, 4.69) is 17.9 Å². The predicted octanol–water partition coefficient (Wildman–Crippen LogP) is 1.65. The monoisotopic (exact) mass is 215 g/mol. The molecule has 84 valence electrons. The van der Waals surface area contributed by atoms with Crippen LogP contribution >= 0.6 is 0 Å². The summed E-state index contributed by atoms with van der Waals surface area (Å²) in [5.41, 5.74) is 8.99. The maximum atomic E-state index is 9.13. The van der Waals surface area contributed by atoms with Crippen molar-refractivity contribution in [2.45, 2.75) is 19.9 Å². The van der Waals surface area contributed by atoms with E-state index in [9.17, 15) is 0 Å². The third-order valence-corrected chi connectivity index (χ3v) is 3.34. The second-order valence-corrected chi connectivity index (χ2v) is 4.63. The Morgan fingerprint density at radius 3 is 2.75 bits per heavy atom. The molecule has 2 N–H and O–H groups in total. The molecule has 1 aliphatic rings. The van der Waals surface area contributed by atoms with Crippen LogP contribution in [0.15, 0.2) is 18.2 Å². The first-order valence-corrected chi connectivity index (χ1v) is 5.63. The molecular weight excluding hydrogens is 198 g/mol. The maximum absolute atomic E-state index is 9.13. The molecular formula is C13H17N3. The second-order valence-electron chi connectivity index (χ2n) is 4.63. The molecule has 1 aliphatic heterocycles. The van der Waals surface area contributed by atoms with Crippen molar-refractivity contribution in [3.8, 4) is 6.07 Å². The zero-order valence-electron chi connectivity index (χ0n) is 9.77. The van der Waals surface area contributed by atoms with E-state index in [1.807, 2.05) is 25.1 Å². The highest BCUT2D eigenvalue weighted by molar-refractivity contribution is 5.64. The Bertz CT molecular complexity index is 423. The van der Waals surface area contributed by atoms with E-state index in [1.54, 1.807) is 0 Å². The van der Waals surface area contributed by atoms with Gasteiger partial charge in [-0.2, -0.15) is 5.26 Å². The number of para-hydroxylation sites is 1. The number of aryl methyl sites for hydroxylation is 1. The van der Waals surface area contributed by atoms with Gasteiger partial charge in [0.1, 0.15) is 6.07 Å². The molecule has 0 bridgehead atoms. The first-order valence-electron chi connectivity index (χ1n) is 5.63. The van der Waals surface area contributed by atoms with Gasteiger partial charge in [-0.05, 0) is 24.5 Å². The van der Waals surface area contributed by atoms with E-state index in [0.717, 1.165) is 29.9 Å². The highest BCUT2D eigenvalue weighted by Gasteiger charge is 2.28. The molecule has 1 aromatic rings. The van der Waals surface area contributed by atoms with Gasteiger partial charge in [0.25, 0.3) is 0 Å². The zero-order chi connectivity index (χ0) is 11.7. The largest absolute Gasteiger partial charge is 0.368 e. The fraction of sp³-hybridized carbons (Fsp3) is 0.462. The Morgan fingerprint density at radius 1 is 1.44 bits per heavy atom. The van der Waals surface area contributed by atoms with Crippen molar-refractivity contribution in [3.63, 3.8) is 0 Å². The topological polar surface area (TPSA) is 53.0 Å². The molecule has 1 heterocycles. The number of nitrogens with two attached hydrogens (primary N) is 1. The quantitative estimate of drug-likeness (QED) is 0.775. The van der Waals surface area contributed by atoms with Crippen molar-refractivity contribution in [3.05, 3.63) is 29.3 Å². The molecule has 0 saturated carbocycles. The maximum Gasteiger partial charge on any atom is 0.101 e. The average molecular weight is 215 g/mol. The number of benzene rings is 1. The number of hydrogen-bond donors (Lipinski definition) is 1. The van der Waals surface area contributed by atoms with Crippen LogP contribution < -0.4 is 10.6 Å². The lowest BCUT2D eigenvalue weighted by atomic mass is 10.1. The molecule has 0 amide bonds. The number of nitrogens with zero attached hydrogens (tertiary/aromatic N) is 2. The Labute approximate surface area is 96.5 Å². The molecule has 1 saturated heterocycles. The van der Waals surface area contributed by atoms with Crippen molar-refractivity contribution < 1.29 is 0 Å². The third-order valence-electron chi connectivity index (χ3n) is 3.34. The summed E-state index contributed by atoms with van der Waals surface area (Å²) in [7, 11) is 0. The van der Waals surface area contributed by atoms with Gasteiger partial charge in [0.2, 0.25) is 0 Å². The fourth-order valence-electron chi connectivity index (χ4n) is 2.34. The highest BCUT2D eigenvalue weighted by atomic mass is 15.2. The normalized spacial score (nSPS) is 24.5. The molecule has 2 unspecified atom stereocenters. The second kappa shape index (κ2) is 4.15. The molecule has 0 aromatic heterocycles. The Hall–Kier alpha value is -1.53. The lowest BCUT2D eigenvalue weighted by Gasteiger charge is -2.21. The summed E-state index contributed by atoms with van der Waals surface area (Å²) < 4.78 is 0. The Kier molecular flexibility index (Phi) is 2.84. The van der Waals surface area contributed by atoms with Crippen molar-refractivity contribution in [1.29, 1.82) is 5.26 Å². The summed E-state index contributed by atoms with van der Waals surface area (Å²) in [5, 5.41) is 9.13. The van der Waals surface area contributed by atoms with Gasteiger partial charge in [0.05, 0.1) is 11.3 Å². The van der Waals surface area contributed by atoms with Crippen LogP contribution in [0.25, 0.3) is 0 Å². The number of hydrogen-bond acceptors (Lipinski definition) is 3. The lowest BCUT2D eigenvalue weighted by Crippen LogP contribution is -2.28. The standard InChI is InChI=1S/C13H17N3/c1-9-4-3-5-11(6-14)13(9)16-7-10(2)12(15)8-16/h3-5,10,12H,7-8,15H2,1-2H3. The molecule has 2 atom stereocenters. The molecule has 0 aliphatic carbocycles. The summed E-state index contributed by atoms with van der Waals surface area (Å²) in [6, 6.07) is 8.32. The molecule has 1 fully saturated rings. The minimum absolute atomic E-state index is 0.214. The first kappa shape index (κ1) is 11.0. The molecule has 2 rings (SSSR count). The van der Waals surface area contributed by atoms with Crippen LogP contribution in [-0.2, 0) is 0 Å². The summed E-state index contributed by atoms with van der Waals surface area (Å²) in [5.74, 6) is 0.492. The smallest absolute Gasteiger partial charge is 0.101 e. The fourth-order valence-corrected chi connectivity index (χ4v) is 2.34. The van der Waals surface area contributed by atoms with Crippen molar-refractivity contribution >= 4 is 5.69 Å². The molecule has 0 radical (unpaired) electrons. The van der Waals surface area contributed by atoms with E-state index in [4.69, 9.17) is 11.0 Å². The first-order chi connectivity index (χ1) is 7.63. The summed E-state index contributed by atoms with van der Waals surface area (Å²) >= 11 is 0. The van der Waals surface area contributed by atoms with Crippen LogP contribution in [0.1, 0.15) is 18.1 Å². The molecule has 0 spiro atoms. The highest BCUT2D eigenvalue weighted by Crippen LogP contribution is 2.29. The zero-order valence-corrected chi connectivity index (χ0v) is 9.77. The van der Waals surface area contributed by atoms with Gasteiger partial charge in [0.15, 0.2) is 0 Å². The van der Waals surface area contributed by atoms with Crippen LogP contribution in [0, 0.1) is 24.2 Å². The van der Waals surface area contributed by atoms with Gasteiger partial charge < -0.3 is 10.6 Å². The lowest BCUT2D eigenvalue weighted by molar-refractivity contribution is 0.566. The van der Waals surface area contributed by atoms with E-state index in [-0.39, 0.29) is 6.04 Å². The molecule has 3 nitrogen and oxygen atoms in total. The Balaban J connectivity index is 2.38. The van der Waals surface area contributed by atoms with E-state index >= 15 is 0 Å². The predicted molar refractivity (Wildman–Crippen MR) is 65.2 cm³/mol. The van der Waals surface area contributed by atoms with Gasteiger partial charge in [-0.3, -0.25) is 0 Å². The minimum Gasteiger partial charge on any atom is -0.368 e. The van der Waals surface area contributed by atoms with Crippen LogP contribution in [0.2, 0.25) is 0 Å². The van der Waals surface area contributed by atoms with Crippen molar-refractivity contribution in [2.75, 3.05) is 18.0 Å². The van der Waals surface area contributed by atoms with Gasteiger partial charge in [-0.1, -0.05) is 19.1 Å². The van der Waals surface area contributed by atoms with E-state index < -0.39 is 0 Å². The number of anilines is 1. The van der Waals surface area contributed by atoms with Crippen LogP contribution in [0.4, 0.5) is 5.69 Å². The number of nitriles is 1. The van der Waals surface area contributed by atoms with Crippen LogP contribution in [0.5, 0.6) is 0 Å². The molecule has 16 heavy (non-hydrogen) atoms. The minimum atomic E-state index is 0.214.